The van der Waals surface area contributed by atoms with E-state index in [0.29, 0.717) is 32.4 Å². The summed E-state index contributed by atoms with van der Waals surface area (Å²) in [7, 11) is 0. The number of nitrogens with one attached hydrogen (secondary N) is 4. The van der Waals surface area contributed by atoms with Crippen molar-refractivity contribution in [3.63, 3.8) is 0 Å². The first-order valence-corrected chi connectivity index (χ1v) is 28.2. The molecule has 0 radical (unpaired) electrons. The number of esters is 2. The molecule has 3 amide bonds. The minimum atomic E-state index is -0.811. The van der Waals surface area contributed by atoms with E-state index in [1.54, 1.807) is 6.92 Å². The number of hydrogen-bond acceptors (Lipinski definition) is 13. The van der Waals surface area contributed by atoms with Crippen LogP contribution in [0.5, 0.6) is 0 Å². The lowest BCUT2D eigenvalue weighted by Crippen LogP contribution is -2.39. The van der Waals surface area contributed by atoms with Gasteiger partial charge in [0.25, 0.3) is 0 Å². The van der Waals surface area contributed by atoms with E-state index in [1.165, 1.54) is 103 Å². The lowest BCUT2D eigenvalue weighted by molar-refractivity contribution is -0.197. The zero-order chi connectivity index (χ0) is 51.9. The molecule has 422 valence electrons. The van der Waals surface area contributed by atoms with Gasteiger partial charge in [-0.2, -0.15) is 0 Å². The number of carbonyl (C=O) groups excluding carboxylic acids is 5. The van der Waals surface area contributed by atoms with Crippen molar-refractivity contribution in [1.82, 2.24) is 21.6 Å². The molecular formula is C56H106N4O12. The Morgan fingerprint density at radius 1 is 0.611 bits per heavy atom. The molecule has 4 N–H and O–H groups in total. The smallest absolute Gasteiger partial charge is 0.407 e. The van der Waals surface area contributed by atoms with Crippen molar-refractivity contribution in [2.45, 2.75) is 265 Å². The topological polar surface area (TPSA) is 198 Å². The van der Waals surface area contributed by atoms with E-state index in [4.69, 9.17) is 33.4 Å². The number of alkyl carbamates (subject to hydrolysis) is 1. The summed E-state index contributed by atoms with van der Waals surface area (Å²) < 4.78 is 28.3. The largest absolute Gasteiger partial charge is 0.462 e. The van der Waals surface area contributed by atoms with Crippen LogP contribution in [0, 0.1) is 0 Å². The summed E-state index contributed by atoms with van der Waals surface area (Å²) >= 11 is 0. The SMILES string of the molecule is C.CCCCCCCCCCCCCC(=O)OCC(CONOCCNC(=O)C(C)OCCC(C)(C)OCC(=O)NCCCNC(=O)OC1CC/C=C/CCC1)OC(=O)CCCCCCCCCCCCC. The third-order valence-electron chi connectivity index (χ3n) is 12.6. The van der Waals surface area contributed by atoms with Gasteiger partial charge in [0.15, 0.2) is 6.10 Å². The number of hydrogen-bond donors (Lipinski definition) is 4. The fourth-order valence-electron chi connectivity index (χ4n) is 7.95. The van der Waals surface area contributed by atoms with Crippen LogP contribution in [0.2, 0.25) is 0 Å². The third-order valence-corrected chi connectivity index (χ3v) is 12.6. The number of allylic oxidation sites excluding steroid dienone is 2. The maximum absolute atomic E-state index is 12.8. The lowest BCUT2D eigenvalue weighted by Gasteiger charge is -2.25. The maximum atomic E-state index is 12.8. The molecule has 0 heterocycles. The Balaban J connectivity index is 0.0000504. The van der Waals surface area contributed by atoms with Gasteiger partial charge >= 0.3 is 18.0 Å². The van der Waals surface area contributed by atoms with Gasteiger partial charge in [-0.3, -0.25) is 28.9 Å². The standard InChI is InChI=1S/C55H102N4O12.CH4/c1-6-8-10-12-14-16-18-20-22-27-31-36-51(61)66-44-49(70-52(62)37-32-28-23-21-19-17-15-13-11-9-7-2)45-69-59-68-43-41-57-53(63)47(3)65-42-38-55(4,5)67-46-50(60)56-39-33-40-58-54(64)71-48-34-29-25-24-26-30-35-48;/h24-25,47-49,59H,6-23,26-46H2,1-5H3,(H,56,60)(H,57,63)(H,58,64);1H4/b25-24+;. The van der Waals surface area contributed by atoms with Crippen LogP contribution in [0.1, 0.15) is 241 Å². The van der Waals surface area contributed by atoms with Crippen molar-refractivity contribution in [3.8, 4) is 0 Å². The second kappa shape index (κ2) is 48.6. The molecule has 1 rings (SSSR count). The molecule has 0 aromatic rings. The molecule has 3 unspecified atom stereocenters. The van der Waals surface area contributed by atoms with Gasteiger partial charge in [0, 0.05) is 32.5 Å². The van der Waals surface area contributed by atoms with Crippen molar-refractivity contribution in [2.24, 2.45) is 0 Å². The maximum Gasteiger partial charge on any atom is 0.407 e. The van der Waals surface area contributed by atoms with Crippen LogP contribution in [-0.4, -0.2) is 106 Å². The first-order valence-electron chi connectivity index (χ1n) is 28.2. The zero-order valence-electron chi connectivity index (χ0n) is 45.4. The minimum Gasteiger partial charge on any atom is -0.462 e. The number of amides is 3. The zero-order valence-corrected chi connectivity index (χ0v) is 45.4. The highest BCUT2D eigenvalue weighted by molar-refractivity contribution is 5.80. The molecule has 16 heteroatoms. The van der Waals surface area contributed by atoms with E-state index in [2.05, 4.69) is 47.6 Å². The van der Waals surface area contributed by atoms with Gasteiger partial charge in [-0.1, -0.05) is 167 Å². The van der Waals surface area contributed by atoms with E-state index in [0.717, 1.165) is 70.6 Å². The van der Waals surface area contributed by atoms with Gasteiger partial charge in [0.2, 0.25) is 11.8 Å². The Morgan fingerprint density at radius 3 is 1.78 bits per heavy atom. The van der Waals surface area contributed by atoms with Crippen LogP contribution < -0.4 is 21.6 Å². The normalized spacial score (nSPS) is 15.0. The van der Waals surface area contributed by atoms with Crippen molar-refractivity contribution in [2.75, 3.05) is 52.7 Å². The number of unbranched alkanes of at least 4 members (excludes halogenated alkanes) is 20. The van der Waals surface area contributed by atoms with Crippen LogP contribution in [0.15, 0.2) is 12.2 Å². The van der Waals surface area contributed by atoms with Crippen LogP contribution >= 0.6 is 0 Å². The molecule has 0 aromatic heterocycles. The molecule has 0 aromatic carbocycles. The van der Waals surface area contributed by atoms with E-state index >= 15 is 0 Å². The second-order valence-electron chi connectivity index (χ2n) is 19.8. The Bertz CT molecular complexity index is 1370. The first kappa shape index (κ1) is 68.7. The molecule has 0 saturated carbocycles. The first-order chi connectivity index (χ1) is 34.5. The highest BCUT2D eigenvalue weighted by atomic mass is 16.9. The van der Waals surface area contributed by atoms with Gasteiger partial charge in [-0.05, 0) is 78.6 Å². The molecule has 0 aliphatic heterocycles. The molecule has 3 atom stereocenters. The molecule has 1 aliphatic carbocycles. The van der Waals surface area contributed by atoms with Crippen molar-refractivity contribution >= 4 is 29.8 Å². The second-order valence-corrected chi connectivity index (χ2v) is 19.8. The summed E-state index contributed by atoms with van der Waals surface area (Å²) in [6.45, 7) is 10.7. The van der Waals surface area contributed by atoms with Crippen LogP contribution in [-0.2, 0) is 52.5 Å². The fourth-order valence-corrected chi connectivity index (χ4v) is 7.95. The van der Waals surface area contributed by atoms with Crippen LogP contribution in [0.25, 0.3) is 0 Å². The summed E-state index contributed by atoms with van der Waals surface area (Å²) in [5.74, 6) is -1.27. The predicted molar refractivity (Wildman–Crippen MR) is 286 cm³/mol. The molecule has 72 heavy (non-hydrogen) atoms. The number of carbonyl (C=O) groups is 5. The summed E-state index contributed by atoms with van der Waals surface area (Å²) in [4.78, 5) is 73.2. The van der Waals surface area contributed by atoms with Crippen LogP contribution in [0.4, 0.5) is 4.79 Å². The molecule has 0 saturated heterocycles. The van der Waals surface area contributed by atoms with E-state index < -0.39 is 23.9 Å². The molecule has 0 spiro atoms. The number of ether oxygens (including phenoxy) is 5. The Morgan fingerprint density at radius 2 is 1.17 bits per heavy atom. The van der Waals surface area contributed by atoms with E-state index in [1.807, 2.05) is 13.8 Å². The van der Waals surface area contributed by atoms with Gasteiger partial charge in [-0.15, -0.1) is 0 Å². The average molecular weight is 1030 g/mol. The van der Waals surface area contributed by atoms with Gasteiger partial charge in [0.05, 0.1) is 18.8 Å². The summed E-state index contributed by atoms with van der Waals surface area (Å²) in [5.41, 5.74) is 1.70. The number of rotatable bonds is 47. The van der Waals surface area contributed by atoms with Crippen LogP contribution in [0.3, 0.4) is 0 Å². The van der Waals surface area contributed by atoms with E-state index in [9.17, 15) is 24.0 Å². The summed E-state index contributed by atoms with van der Waals surface area (Å²) in [6, 6.07) is 0. The molecule has 0 bridgehead atoms. The monoisotopic (exact) mass is 1030 g/mol. The molecule has 1 aliphatic rings. The van der Waals surface area contributed by atoms with Gasteiger partial charge < -0.3 is 39.6 Å². The van der Waals surface area contributed by atoms with E-state index in [-0.39, 0.29) is 83.3 Å². The lowest BCUT2D eigenvalue weighted by atomic mass is 10.0. The van der Waals surface area contributed by atoms with Gasteiger partial charge in [0.1, 0.15) is 32.0 Å². The Labute approximate surface area is 437 Å². The van der Waals surface area contributed by atoms with Crippen molar-refractivity contribution in [1.29, 1.82) is 0 Å². The molecular weight excluding hydrogens is 921 g/mol. The highest BCUT2D eigenvalue weighted by Crippen LogP contribution is 2.18. The molecule has 16 nitrogen and oxygen atoms in total. The van der Waals surface area contributed by atoms with Gasteiger partial charge in [-0.25, -0.2) is 4.79 Å². The predicted octanol–water partition coefficient (Wildman–Crippen LogP) is 11.8. The summed E-state index contributed by atoms with van der Waals surface area (Å²) in [5, 5.41) is 8.30. The quantitative estimate of drug-likeness (QED) is 0.0148. The third kappa shape index (κ3) is 44.2. The van der Waals surface area contributed by atoms with Crippen molar-refractivity contribution < 1.29 is 57.3 Å². The molecule has 0 fully saturated rings. The van der Waals surface area contributed by atoms with Crippen molar-refractivity contribution in [3.05, 3.63) is 12.2 Å². The Hall–Kier alpha value is -3.31. The summed E-state index contributed by atoms with van der Waals surface area (Å²) in [6.07, 6.45) is 34.7. The Kier molecular flexibility index (Phi) is 46.4. The fraction of sp³-hybridized carbons (Fsp3) is 0.875. The average Bonchev–Trinajstić information content (AvgIpc) is 3.33. The highest BCUT2D eigenvalue weighted by Gasteiger charge is 2.22. The minimum absolute atomic E-state index is 0.